The standard InChI is InChI=1S/C27H32N2O5/c1-3-18(15-24(30)29(2)27(25(31)32)13-8-14-27)16-28-26(33)34-17-23-21-11-6-4-9-19(21)20-10-5-7-12-22(20)23/h4-7,9-12,18,23H,3,8,13-17H2,1-2H3,(H,28,33)(H,31,32). The Morgan fingerprint density at radius 1 is 1.09 bits per heavy atom. The minimum absolute atomic E-state index is 0.00923. The van der Waals surface area contributed by atoms with Crippen molar-refractivity contribution in [3.63, 3.8) is 0 Å². The number of carbonyl (C=O) groups is 3. The topological polar surface area (TPSA) is 95.9 Å². The summed E-state index contributed by atoms with van der Waals surface area (Å²) in [6, 6.07) is 16.3. The van der Waals surface area contributed by atoms with Gasteiger partial charge in [0.25, 0.3) is 0 Å². The maximum atomic E-state index is 12.8. The fourth-order valence-corrected chi connectivity index (χ4v) is 5.06. The molecule has 0 spiro atoms. The van der Waals surface area contributed by atoms with Crippen molar-refractivity contribution < 1.29 is 24.2 Å². The number of alkyl carbamates (subject to hydrolysis) is 1. The molecule has 2 aliphatic carbocycles. The third-order valence-electron chi connectivity index (χ3n) is 7.51. The number of aliphatic carboxylic acids is 1. The van der Waals surface area contributed by atoms with Crippen LogP contribution in [0.4, 0.5) is 4.79 Å². The Hall–Kier alpha value is -3.35. The Kier molecular flexibility index (Phi) is 6.91. The predicted octanol–water partition coefficient (Wildman–Crippen LogP) is 4.41. The van der Waals surface area contributed by atoms with Crippen LogP contribution in [0.5, 0.6) is 0 Å². The molecule has 1 atom stereocenters. The first-order valence-corrected chi connectivity index (χ1v) is 12.0. The molecule has 4 rings (SSSR count). The van der Waals surface area contributed by atoms with Crippen LogP contribution in [0.2, 0.25) is 0 Å². The Labute approximate surface area is 200 Å². The van der Waals surface area contributed by atoms with Crippen molar-refractivity contribution in [1.82, 2.24) is 10.2 Å². The van der Waals surface area contributed by atoms with E-state index in [4.69, 9.17) is 4.74 Å². The molecule has 7 heteroatoms. The summed E-state index contributed by atoms with van der Waals surface area (Å²) in [5.41, 5.74) is 3.58. The van der Waals surface area contributed by atoms with Gasteiger partial charge in [0.2, 0.25) is 5.91 Å². The number of hydrogen-bond donors (Lipinski definition) is 2. The van der Waals surface area contributed by atoms with E-state index in [-0.39, 0.29) is 30.8 Å². The van der Waals surface area contributed by atoms with Crippen molar-refractivity contribution in [2.45, 2.75) is 50.5 Å². The van der Waals surface area contributed by atoms with E-state index in [1.165, 1.54) is 16.0 Å². The summed E-state index contributed by atoms with van der Waals surface area (Å²) in [6.45, 7) is 2.49. The summed E-state index contributed by atoms with van der Waals surface area (Å²) < 4.78 is 5.58. The largest absolute Gasteiger partial charge is 0.479 e. The van der Waals surface area contributed by atoms with Crippen LogP contribution < -0.4 is 5.32 Å². The molecule has 2 aromatic carbocycles. The lowest BCUT2D eigenvalue weighted by Crippen LogP contribution is -2.59. The number of nitrogens with zero attached hydrogens (tertiary/aromatic N) is 1. The zero-order valence-electron chi connectivity index (χ0n) is 19.8. The smallest absolute Gasteiger partial charge is 0.407 e. The molecule has 2 amide bonds. The maximum Gasteiger partial charge on any atom is 0.407 e. The second-order valence-electron chi connectivity index (χ2n) is 9.33. The number of hydrogen-bond acceptors (Lipinski definition) is 4. The third kappa shape index (κ3) is 4.39. The molecule has 0 aliphatic heterocycles. The zero-order valence-corrected chi connectivity index (χ0v) is 19.8. The van der Waals surface area contributed by atoms with E-state index in [0.29, 0.717) is 25.8 Å². The number of carbonyl (C=O) groups excluding carboxylic acids is 2. The summed E-state index contributed by atoms with van der Waals surface area (Å²) in [6.07, 6.45) is 2.14. The summed E-state index contributed by atoms with van der Waals surface area (Å²) in [5.74, 6) is -1.26. The van der Waals surface area contributed by atoms with Crippen molar-refractivity contribution in [3.8, 4) is 11.1 Å². The molecule has 2 N–H and O–H groups in total. The average molecular weight is 465 g/mol. The van der Waals surface area contributed by atoms with E-state index in [9.17, 15) is 19.5 Å². The van der Waals surface area contributed by atoms with Crippen molar-refractivity contribution >= 4 is 18.0 Å². The average Bonchev–Trinajstić information content (AvgIpc) is 3.13. The Morgan fingerprint density at radius 2 is 1.68 bits per heavy atom. The highest BCUT2D eigenvalue weighted by Gasteiger charge is 2.49. The number of benzene rings is 2. The number of carboxylic acids is 1. The van der Waals surface area contributed by atoms with E-state index in [1.807, 2.05) is 31.2 Å². The third-order valence-corrected chi connectivity index (χ3v) is 7.51. The zero-order chi connectivity index (χ0) is 24.3. The van der Waals surface area contributed by atoms with Crippen molar-refractivity contribution in [3.05, 3.63) is 59.7 Å². The highest BCUT2D eigenvalue weighted by Crippen LogP contribution is 2.44. The van der Waals surface area contributed by atoms with Gasteiger partial charge >= 0.3 is 12.1 Å². The number of likely N-dealkylation sites (N-methyl/N-ethyl adjacent to an activating group) is 1. The van der Waals surface area contributed by atoms with E-state index < -0.39 is 17.6 Å². The molecule has 0 aromatic heterocycles. The number of nitrogens with one attached hydrogen (secondary N) is 1. The van der Waals surface area contributed by atoms with E-state index in [1.54, 1.807) is 7.05 Å². The van der Waals surface area contributed by atoms with Gasteiger partial charge in [0.1, 0.15) is 12.1 Å². The van der Waals surface area contributed by atoms with Crippen LogP contribution in [0.25, 0.3) is 11.1 Å². The molecule has 7 nitrogen and oxygen atoms in total. The second kappa shape index (κ2) is 9.87. The van der Waals surface area contributed by atoms with Crippen LogP contribution in [0, 0.1) is 5.92 Å². The highest BCUT2D eigenvalue weighted by atomic mass is 16.5. The first-order valence-electron chi connectivity index (χ1n) is 12.0. The Morgan fingerprint density at radius 3 is 2.18 bits per heavy atom. The van der Waals surface area contributed by atoms with Crippen LogP contribution in [0.3, 0.4) is 0 Å². The lowest BCUT2D eigenvalue weighted by Gasteiger charge is -2.45. The molecule has 0 saturated heterocycles. The summed E-state index contributed by atoms with van der Waals surface area (Å²) in [7, 11) is 1.57. The predicted molar refractivity (Wildman–Crippen MR) is 128 cm³/mol. The molecule has 180 valence electrons. The second-order valence-corrected chi connectivity index (χ2v) is 9.33. The molecule has 1 saturated carbocycles. The van der Waals surface area contributed by atoms with Crippen molar-refractivity contribution in [1.29, 1.82) is 0 Å². The van der Waals surface area contributed by atoms with Gasteiger partial charge in [-0.3, -0.25) is 4.79 Å². The first kappa shape index (κ1) is 23.8. The van der Waals surface area contributed by atoms with Gasteiger partial charge in [-0.25, -0.2) is 9.59 Å². The maximum absolute atomic E-state index is 12.8. The fourth-order valence-electron chi connectivity index (χ4n) is 5.06. The van der Waals surface area contributed by atoms with Gasteiger partial charge in [-0.05, 0) is 47.4 Å². The molecule has 34 heavy (non-hydrogen) atoms. The molecule has 0 bridgehead atoms. The Bertz CT molecular complexity index is 1030. The number of ether oxygens (including phenoxy) is 1. The molecule has 1 unspecified atom stereocenters. The van der Waals surface area contributed by atoms with Crippen LogP contribution in [-0.2, 0) is 14.3 Å². The van der Waals surface area contributed by atoms with Gasteiger partial charge in [-0.15, -0.1) is 0 Å². The molecule has 2 aliphatic rings. The summed E-state index contributed by atoms with van der Waals surface area (Å²) in [5, 5.41) is 12.4. The molecular weight excluding hydrogens is 432 g/mol. The minimum atomic E-state index is -1.07. The fraction of sp³-hybridized carbons (Fsp3) is 0.444. The number of rotatable bonds is 9. The quantitative estimate of drug-likeness (QED) is 0.573. The number of amides is 2. The lowest BCUT2D eigenvalue weighted by molar-refractivity contribution is -0.164. The van der Waals surface area contributed by atoms with E-state index >= 15 is 0 Å². The van der Waals surface area contributed by atoms with Crippen molar-refractivity contribution in [2.75, 3.05) is 20.2 Å². The van der Waals surface area contributed by atoms with Crippen LogP contribution >= 0.6 is 0 Å². The van der Waals surface area contributed by atoms with E-state index in [0.717, 1.165) is 17.5 Å². The summed E-state index contributed by atoms with van der Waals surface area (Å²) >= 11 is 0. The lowest BCUT2D eigenvalue weighted by atomic mass is 9.75. The normalized spacial score (nSPS) is 16.5. The first-order chi connectivity index (χ1) is 16.4. The van der Waals surface area contributed by atoms with Gasteiger partial charge in [-0.1, -0.05) is 61.9 Å². The molecule has 1 fully saturated rings. The molecule has 0 radical (unpaired) electrons. The molecule has 0 heterocycles. The number of carboxylic acid groups (broad SMARTS) is 1. The highest BCUT2D eigenvalue weighted by molar-refractivity contribution is 5.88. The Balaban J connectivity index is 1.30. The SMILES string of the molecule is CCC(CNC(=O)OCC1c2ccccc2-c2ccccc21)CC(=O)N(C)C1(C(=O)O)CCC1. The van der Waals surface area contributed by atoms with Gasteiger partial charge in [-0.2, -0.15) is 0 Å². The summed E-state index contributed by atoms with van der Waals surface area (Å²) in [4.78, 5) is 38.3. The molecule has 2 aromatic rings. The minimum Gasteiger partial charge on any atom is -0.479 e. The van der Waals surface area contributed by atoms with Gasteiger partial charge in [0, 0.05) is 25.9 Å². The van der Waals surface area contributed by atoms with Crippen LogP contribution in [-0.4, -0.2) is 53.7 Å². The molecular formula is C27H32N2O5. The van der Waals surface area contributed by atoms with Crippen LogP contribution in [0.15, 0.2) is 48.5 Å². The number of fused-ring (bicyclic) bond motifs is 3. The van der Waals surface area contributed by atoms with E-state index in [2.05, 4.69) is 29.6 Å². The van der Waals surface area contributed by atoms with Crippen molar-refractivity contribution in [2.24, 2.45) is 5.92 Å². The monoisotopic (exact) mass is 464 g/mol. The van der Waals surface area contributed by atoms with Gasteiger partial charge < -0.3 is 20.1 Å². The van der Waals surface area contributed by atoms with Gasteiger partial charge in [0.15, 0.2) is 0 Å². The van der Waals surface area contributed by atoms with Gasteiger partial charge in [0.05, 0.1) is 0 Å². The van der Waals surface area contributed by atoms with Crippen LogP contribution in [0.1, 0.15) is 56.1 Å².